The van der Waals surface area contributed by atoms with E-state index in [2.05, 4.69) is 25.6 Å². The Morgan fingerprint density at radius 1 is 1.03 bits per heavy atom. The van der Waals surface area contributed by atoms with Crippen LogP contribution in [0.3, 0.4) is 0 Å². The summed E-state index contributed by atoms with van der Waals surface area (Å²) in [6.07, 6.45) is 3.37. The summed E-state index contributed by atoms with van der Waals surface area (Å²) in [5, 5.41) is 15.7. The largest absolute Gasteiger partial charge is 0.454 e. The van der Waals surface area contributed by atoms with Crippen molar-refractivity contribution in [3.05, 3.63) is 100 Å². The Bertz CT molecular complexity index is 1640. The minimum Gasteiger partial charge on any atom is -0.454 e. The van der Waals surface area contributed by atoms with Crippen LogP contribution >= 0.6 is 0 Å². The first-order valence-corrected chi connectivity index (χ1v) is 11.3. The molecule has 0 spiro atoms. The third-order valence-electron chi connectivity index (χ3n) is 5.91. The SMILES string of the molecule is O=C(NCc1nn(Cc2cccnc2)c(=O)c2ccccc12)c1cc(-c2ccc3c(c2)OCO3)n[nH]1. The fraction of sp³-hybridized carbons (Fsp3) is 0.115. The molecule has 2 N–H and O–H groups in total. The van der Waals surface area contributed by atoms with E-state index in [4.69, 9.17) is 9.47 Å². The fourth-order valence-electron chi connectivity index (χ4n) is 4.11. The molecule has 0 atom stereocenters. The lowest BCUT2D eigenvalue weighted by atomic mass is 10.1. The maximum atomic E-state index is 13.0. The van der Waals surface area contributed by atoms with Crippen molar-refractivity contribution in [1.82, 2.24) is 30.3 Å². The molecule has 10 heteroatoms. The van der Waals surface area contributed by atoms with Gasteiger partial charge in [0.25, 0.3) is 11.5 Å². The molecule has 4 heterocycles. The highest BCUT2D eigenvalue weighted by atomic mass is 16.7. The second-order valence-corrected chi connectivity index (χ2v) is 8.23. The van der Waals surface area contributed by atoms with Gasteiger partial charge in [-0.1, -0.05) is 24.3 Å². The van der Waals surface area contributed by atoms with E-state index in [1.165, 1.54) is 4.68 Å². The maximum Gasteiger partial charge on any atom is 0.274 e. The Hall–Kier alpha value is -4.99. The Morgan fingerprint density at radius 3 is 2.75 bits per heavy atom. The molecular weight excluding hydrogens is 460 g/mol. The molecule has 0 unspecified atom stereocenters. The zero-order valence-corrected chi connectivity index (χ0v) is 19.0. The van der Waals surface area contributed by atoms with E-state index in [0.29, 0.717) is 39.4 Å². The molecule has 5 aromatic rings. The number of amides is 1. The highest BCUT2D eigenvalue weighted by Crippen LogP contribution is 2.35. The Kier molecular flexibility index (Phi) is 5.38. The summed E-state index contributed by atoms with van der Waals surface area (Å²) in [4.78, 5) is 30.0. The summed E-state index contributed by atoms with van der Waals surface area (Å²) >= 11 is 0. The zero-order valence-electron chi connectivity index (χ0n) is 19.0. The second-order valence-electron chi connectivity index (χ2n) is 8.23. The topological polar surface area (TPSA) is 124 Å². The van der Waals surface area contributed by atoms with E-state index < -0.39 is 0 Å². The number of hydrogen-bond acceptors (Lipinski definition) is 7. The van der Waals surface area contributed by atoms with Gasteiger partial charge in [0, 0.05) is 23.3 Å². The first-order chi connectivity index (χ1) is 17.7. The third kappa shape index (κ3) is 4.05. The maximum absolute atomic E-state index is 13.0. The van der Waals surface area contributed by atoms with Crippen molar-refractivity contribution in [2.45, 2.75) is 13.1 Å². The minimum atomic E-state index is -0.342. The van der Waals surface area contributed by atoms with Crippen LogP contribution in [0.4, 0.5) is 0 Å². The van der Waals surface area contributed by atoms with Gasteiger partial charge >= 0.3 is 0 Å². The number of H-pyrrole nitrogens is 1. The lowest BCUT2D eigenvalue weighted by Crippen LogP contribution is -2.29. The Balaban J connectivity index is 1.24. The summed E-state index contributed by atoms with van der Waals surface area (Å²) in [6, 6.07) is 18.1. The van der Waals surface area contributed by atoms with Crippen LogP contribution in [0, 0.1) is 0 Å². The molecule has 1 amide bonds. The van der Waals surface area contributed by atoms with Crippen LogP contribution in [0.5, 0.6) is 11.5 Å². The van der Waals surface area contributed by atoms with Crippen LogP contribution in [0.2, 0.25) is 0 Å². The normalized spacial score (nSPS) is 12.1. The highest BCUT2D eigenvalue weighted by molar-refractivity contribution is 5.93. The number of benzene rings is 2. The van der Waals surface area contributed by atoms with Crippen molar-refractivity contribution in [3.63, 3.8) is 0 Å². The van der Waals surface area contributed by atoms with E-state index in [9.17, 15) is 9.59 Å². The number of nitrogens with one attached hydrogen (secondary N) is 2. The van der Waals surface area contributed by atoms with E-state index in [0.717, 1.165) is 11.1 Å². The monoisotopic (exact) mass is 480 g/mol. The van der Waals surface area contributed by atoms with Gasteiger partial charge in [-0.15, -0.1) is 0 Å². The lowest BCUT2D eigenvalue weighted by Gasteiger charge is -2.11. The molecule has 36 heavy (non-hydrogen) atoms. The smallest absolute Gasteiger partial charge is 0.274 e. The molecule has 3 aromatic heterocycles. The van der Waals surface area contributed by atoms with Crippen molar-refractivity contribution in [3.8, 4) is 22.8 Å². The number of carbonyl (C=O) groups excluding carboxylic acids is 1. The van der Waals surface area contributed by atoms with E-state index in [-0.39, 0.29) is 31.3 Å². The van der Waals surface area contributed by atoms with Gasteiger partial charge < -0.3 is 14.8 Å². The molecule has 6 rings (SSSR count). The van der Waals surface area contributed by atoms with Crippen molar-refractivity contribution in [2.24, 2.45) is 0 Å². The molecule has 0 fully saturated rings. The van der Waals surface area contributed by atoms with Gasteiger partial charge in [-0.05, 0) is 42.0 Å². The average molecular weight is 480 g/mol. The van der Waals surface area contributed by atoms with Crippen molar-refractivity contribution in [2.75, 3.05) is 6.79 Å². The minimum absolute atomic E-state index is 0.130. The molecule has 2 aromatic carbocycles. The molecular formula is C26H20N6O4. The number of hydrogen-bond donors (Lipinski definition) is 2. The van der Waals surface area contributed by atoms with Gasteiger partial charge in [0.05, 0.1) is 29.9 Å². The van der Waals surface area contributed by atoms with E-state index >= 15 is 0 Å². The predicted molar refractivity (Wildman–Crippen MR) is 131 cm³/mol. The van der Waals surface area contributed by atoms with Crippen LogP contribution in [0.25, 0.3) is 22.0 Å². The summed E-state index contributed by atoms with van der Waals surface area (Å²) in [5.41, 5.74) is 2.93. The quantitative estimate of drug-likeness (QED) is 0.383. The number of nitrogens with zero attached hydrogens (tertiary/aromatic N) is 4. The number of carbonyl (C=O) groups is 1. The summed E-state index contributed by atoms with van der Waals surface area (Å²) in [6.45, 7) is 0.591. The van der Waals surface area contributed by atoms with Gasteiger partial charge in [-0.2, -0.15) is 10.2 Å². The first-order valence-electron chi connectivity index (χ1n) is 11.3. The number of fused-ring (bicyclic) bond motifs is 2. The van der Waals surface area contributed by atoms with Crippen LogP contribution in [0.1, 0.15) is 21.7 Å². The average Bonchev–Trinajstić information content (AvgIpc) is 3.60. The van der Waals surface area contributed by atoms with Crippen LogP contribution in [-0.4, -0.2) is 37.7 Å². The molecule has 178 valence electrons. The summed E-state index contributed by atoms with van der Waals surface area (Å²) in [7, 11) is 0. The van der Waals surface area contributed by atoms with Gasteiger partial charge in [-0.25, -0.2) is 4.68 Å². The van der Waals surface area contributed by atoms with Gasteiger partial charge in [-0.3, -0.25) is 19.7 Å². The van der Waals surface area contributed by atoms with Crippen molar-refractivity contribution >= 4 is 16.7 Å². The molecule has 1 aliphatic rings. The number of aromatic nitrogens is 5. The number of pyridine rings is 1. The molecule has 1 aliphatic heterocycles. The fourth-order valence-corrected chi connectivity index (χ4v) is 4.11. The third-order valence-corrected chi connectivity index (χ3v) is 5.91. The lowest BCUT2D eigenvalue weighted by molar-refractivity contribution is 0.0945. The Morgan fingerprint density at radius 2 is 1.89 bits per heavy atom. The zero-order chi connectivity index (χ0) is 24.5. The molecule has 0 saturated carbocycles. The number of ether oxygens (including phenoxy) is 2. The Labute approximate surface area is 204 Å². The summed E-state index contributed by atoms with van der Waals surface area (Å²) < 4.78 is 12.2. The van der Waals surface area contributed by atoms with Gasteiger partial charge in [0.2, 0.25) is 6.79 Å². The van der Waals surface area contributed by atoms with Crippen molar-refractivity contribution in [1.29, 1.82) is 0 Å². The molecule has 0 radical (unpaired) electrons. The molecule has 0 bridgehead atoms. The number of aromatic amines is 1. The molecule has 0 saturated heterocycles. The summed E-state index contributed by atoms with van der Waals surface area (Å²) in [5.74, 6) is 0.975. The highest BCUT2D eigenvalue weighted by Gasteiger charge is 2.17. The molecule has 0 aliphatic carbocycles. The molecule has 10 nitrogen and oxygen atoms in total. The van der Waals surface area contributed by atoms with Crippen molar-refractivity contribution < 1.29 is 14.3 Å². The van der Waals surface area contributed by atoms with E-state index in [1.54, 1.807) is 24.5 Å². The predicted octanol–water partition coefficient (Wildman–Crippen LogP) is 2.89. The van der Waals surface area contributed by atoms with Gasteiger partial charge in [0.1, 0.15) is 5.69 Å². The number of rotatable bonds is 6. The standard InChI is InChI=1S/C26H20N6O4/c33-25(21-11-20(29-30-21)17-7-8-23-24(10-17)36-15-35-23)28-13-22-18-5-1-2-6-19(18)26(34)32(31-22)14-16-4-3-9-27-12-16/h1-12H,13-15H2,(H,28,33)(H,29,30). The van der Waals surface area contributed by atoms with Crippen LogP contribution < -0.4 is 20.3 Å². The first kappa shape index (κ1) is 21.5. The van der Waals surface area contributed by atoms with Gasteiger partial charge in [0.15, 0.2) is 11.5 Å². The second kappa shape index (κ2) is 8.99. The van der Waals surface area contributed by atoms with Crippen LogP contribution in [-0.2, 0) is 13.1 Å². The van der Waals surface area contributed by atoms with Crippen LogP contribution in [0.15, 0.2) is 77.9 Å². The van der Waals surface area contributed by atoms with E-state index in [1.807, 2.05) is 48.5 Å².